The van der Waals surface area contributed by atoms with Crippen molar-refractivity contribution in [1.82, 2.24) is 5.32 Å². The minimum atomic E-state index is 0.672. The molecule has 0 radical (unpaired) electrons. The van der Waals surface area contributed by atoms with Crippen LogP contribution in [-0.4, -0.2) is 23.6 Å². The molecule has 0 heterocycles. The van der Waals surface area contributed by atoms with E-state index in [0.717, 1.165) is 18.2 Å². The van der Waals surface area contributed by atoms with Gasteiger partial charge in [-0.3, -0.25) is 0 Å². The molecule has 1 N–H and O–H groups in total. The van der Waals surface area contributed by atoms with Gasteiger partial charge in [0.25, 0.3) is 0 Å². The second-order valence-electron chi connectivity index (χ2n) is 5.34. The minimum absolute atomic E-state index is 0.672. The molecule has 0 bridgehead atoms. The Balaban J connectivity index is 2.18. The third kappa shape index (κ3) is 7.34. The highest BCUT2D eigenvalue weighted by atomic mass is 32.2. The number of nitrogens with one attached hydrogen (secondary N) is 1. The molecule has 0 amide bonds. The lowest BCUT2D eigenvalue weighted by molar-refractivity contribution is 0.498. The standard InChI is InChI=1S/C16H29NS/c1-3-5-7-10-15(17-13-4-2)14-18-16-11-8-6-9-12-16/h1,15-17H,4-14H2,2H3. The molecule has 0 saturated heterocycles. The Morgan fingerprint density at radius 2 is 2.11 bits per heavy atom. The Labute approximate surface area is 118 Å². The number of unbranched alkanes of at least 4 members (excludes halogenated alkanes) is 1. The SMILES string of the molecule is C#CCCCC(CSC1CCCCC1)NCCC. The topological polar surface area (TPSA) is 12.0 Å². The Bertz CT molecular complexity index is 228. The molecular weight excluding hydrogens is 238 g/mol. The van der Waals surface area contributed by atoms with Crippen LogP contribution in [0.4, 0.5) is 0 Å². The highest BCUT2D eigenvalue weighted by molar-refractivity contribution is 7.99. The predicted molar refractivity (Wildman–Crippen MR) is 84.1 cm³/mol. The molecular formula is C16H29NS. The van der Waals surface area contributed by atoms with Crippen LogP contribution in [0.3, 0.4) is 0 Å². The van der Waals surface area contributed by atoms with Gasteiger partial charge in [-0.15, -0.1) is 12.3 Å². The normalized spacial score (nSPS) is 18.4. The van der Waals surface area contributed by atoms with Gasteiger partial charge in [0.05, 0.1) is 0 Å². The van der Waals surface area contributed by atoms with Crippen LogP contribution in [0.5, 0.6) is 0 Å². The van der Waals surface area contributed by atoms with E-state index in [1.807, 2.05) is 0 Å². The first-order chi connectivity index (χ1) is 8.86. The molecule has 0 aliphatic heterocycles. The van der Waals surface area contributed by atoms with Gasteiger partial charge in [-0.2, -0.15) is 11.8 Å². The second kappa shape index (κ2) is 10.8. The van der Waals surface area contributed by atoms with Gasteiger partial charge in [0.15, 0.2) is 0 Å². The summed E-state index contributed by atoms with van der Waals surface area (Å²) in [6.07, 6.45) is 17.1. The van der Waals surface area contributed by atoms with Gasteiger partial charge in [-0.05, 0) is 38.6 Å². The maximum atomic E-state index is 5.33. The average molecular weight is 267 g/mol. The van der Waals surface area contributed by atoms with Crippen molar-refractivity contribution in [2.24, 2.45) is 0 Å². The molecule has 1 saturated carbocycles. The first kappa shape index (κ1) is 15.9. The van der Waals surface area contributed by atoms with Crippen LogP contribution in [-0.2, 0) is 0 Å². The van der Waals surface area contributed by atoms with Gasteiger partial charge >= 0.3 is 0 Å². The Morgan fingerprint density at radius 1 is 1.33 bits per heavy atom. The minimum Gasteiger partial charge on any atom is -0.313 e. The molecule has 0 spiro atoms. The molecule has 1 aliphatic rings. The summed E-state index contributed by atoms with van der Waals surface area (Å²) in [5.41, 5.74) is 0. The van der Waals surface area contributed by atoms with Crippen LogP contribution >= 0.6 is 11.8 Å². The van der Waals surface area contributed by atoms with Gasteiger partial charge in [-0.1, -0.05) is 26.2 Å². The summed E-state index contributed by atoms with van der Waals surface area (Å²) in [5.74, 6) is 4.02. The largest absolute Gasteiger partial charge is 0.313 e. The van der Waals surface area contributed by atoms with Crippen molar-refractivity contribution in [2.45, 2.75) is 76.0 Å². The smallest absolute Gasteiger partial charge is 0.0158 e. The number of hydrogen-bond donors (Lipinski definition) is 1. The number of rotatable bonds is 9. The van der Waals surface area contributed by atoms with E-state index in [0.29, 0.717) is 6.04 Å². The summed E-state index contributed by atoms with van der Waals surface area (Å²) in [4.78, 5) is 0. The first-order valence-corrected chi connectivity index (χ1v) is 8.70. The monoisotopic (exact) mass is 267 g/mol. The fourth-order valence-electron chi connectivity index (χ4n) is 2.53. The molecule has 0 aromatic carbocycles. The molecule has 1 nitrogen and oxygen atoms in total. The van der Waals surface area contributed by atoms with E-state index in [9.17, 15) is 0 Å². The van der Waals surface area contributed by atoms with Gasteiger partial charge in [0.2, 0.25) is 0 Å². The third-order valence-electron chi connectivity index (χ3n) is 3.64. The van der Waals surface area contributed by atoms with E-state index in [2.05, 4.69) is 29.9 Å². The number of terminal acetylenes is 1. The quantitative estimate of drug-likeness (QED) is 0.496. The molecule has 104 valence electrons. The number of thioether (sulfide) groups is 1. The maximum absolute atomic E-state index is 5.33. The van der Waals surface area contributed by atoms with E-state index in [4.69, 9.17) is 6.42 Å². The maximum Gasteiger partial charge on any atom is 0.0158 e. The lowest BCUT2D eigenvalue weighted by atomic mass is 10.0. The van der Waals surface area contributed by atoms with E-state index in [1.54, 1.807) is 0 Å². The van der Waals surface area contributed by atoms with E-state index in [-0.39, 0.29) is 0 Å². The van der Waals surface area contributed by atoms with E-state index >= 15 is 0 Å². The Kier molecular flexibility index (Phi) is 9.52. The Hall–Kier alpha value is -0.130. The molecule has 0 aromatic heterocycles. The van der Waals surface area contributed by atoms with Crippen LogP contribution in [0.1, 0.15) is 64.7 Å². The van der Waals surface area contributed by atoms with Crippen molar-refractivity contribution in [2.75, 3.05) is 12.3 Å². The van der Waals surface area contributed by atoms with Crippen molar-refractivity contribution in [1.29, 1.82) is 0 Å². The van der Waals surface area contributed by atoms with Crippen molar-refractivity contribution in [3.05, 3.63) is 0 Å². The fraction of sp³-hybridized carbons (Fsp3) is 0.875. The molecule has 1 rings (SSSR count). The van der Waals surface area contributed by atoms with Crippen molar-refractivity contribution >= 4 is 11.8 Å². The number of hydrogen-bond acceptors (Lipinski definition) is 2. The summed E-state index contributed by atoms with van der Waals surface area (Å²) in [6, 6.07) is 0.672. The zero-order valence-corrected chi connectivity index (χ0v) is 12.7. The van der Waals surface area contributed by atoms with Crippen LogP contribution in [0.15, 0.2) is 0 Å². The molecule has 1 atom stereocenters. The average Bonchev–Trinajstić information content (AvgIpc) is 2.42. The molecule has 0 aromatic rings. The fourth-order valence-corrected chi connectivity index (χ4v) is 3.98. The van der Waals surface area contributed by atoms with Gasteiger partial charge < -0.3 is 5.32 Å². The first-order valence-electron chi connectivity index (χ1n) is 7.65. The Morgan fingerprint density at radius 3 is 2.78 bits per heavy atom. The summed E-state index contributed by atoms with van der Waals surface area (Å²) in [6.45, 7) is 3.38. The van der Waals surface area contributed by atoms with E-state index in [1.165, 1.54) is 57.1 Å². The van der Waals surface area contributed by atoms with Crippen LogP contribution in [0, 0.1) is 12.3 Å². The van der Waals surface area contributed by atoms with Gasteiger partial charge in [-0.25, -0.2) is 0 Å². The molecule has 2 heteroatoms. The van der Waals surface area contributed by atoms with Gasteiger partial charge in [0.1, 0.15) is 0 Å². The highest BCUT2D eigenvalue weighted by Gasteiger charge is 2.16. The third-order valence-corrected chi connectivity index (χ3v) is 5.18. The summed E-state index contributed by atoms with van der Waals surface area (Å²) in [7, 11) is 0. The molecule has 1 aliphatic carbocycles. The lowest BCUT2D eigenvalue weighted by Gasteiger charge is -2.24. The lowest BCUT2D eigenvalue weighted by Crippen LogP contribution is -2.32. The zero-order chi connectivity index (χ0) is 13.1. The molecule has 1 unspecified atom stereocenters. The van der Waals surface area contributed by atoms with Crippen molar-refractivity contribution in [3.8, 4) is 12.3 Å². The van der Waals surface area contributed by atoms with Crippen molar-refractivity contribution in [3.63, 3.8) is 0 Å². The predicted octanol–water partition coefficient (Wildman–Crippen LogP) is 4.22. The van der Waals surface area contributed by atoms with Crippen LogP contribution in [0.25, 0.3) is 0 Å². The molecule has 1 fully saturated rings. The summed E-state index contributed by atoms with van der Waals surface area (Å²) < 4.78 is 0. The van der Waals surface area contributed by atoms with E-state index < -0.39 is 0 Å². The summed E-state index contributed by atoms with van der Waals surface area (Å²) >= 11 is 2.20. The second-order valence-corrected chi connectivity index (χ2v) is 6.67. The molecule has 18 heavy (non-hydrogen) atoms. The summed E-state index contributed by atoms with van der Waals surface area (Å²) in [5, 5.41) is 4.61. The zero-order valence-electron chi connectivity index (χ0n) is 11.9. The highest BCUT2D eigenvalue weighted by Crippen LogP contribution is 2.29. The van der Waals surface area contributed by atoms with Crippen molar-refractivity contribution < 1.29 is 0 Å². The van der Waals surface area contributed by atoms with Crippen LogP contribution < -0.4 is 5.32 Å². The van der Waals surface area contributed by atoms with Crippen LogP contribution in [0.2, 0.25) is 0 Å². The van der Waals surface area contributed by atoms with Gasteiger partial charge in [0, 0.05) is 23.5 Å².